The van der Waals surface area contributed by atoms with E-state index in [-0.39, 0.29) is 17.9 Å². The molecular weight excluding hydrogens is 414 g/mol. The summed E-state index contributed by atoms with van der Waals surface area (Å²) in [5.41, 5.74) is 5.06. The Bertz CT molecular complexity index is 1350. The van der Waals surface area contributed by atoms with Gasteiger partial charge in [-0.05, 0) is 67.6 Å². The predicted octanol–water partition coefficient (Wildman–Crippen LogP) is 4.46. The molecule has 1 fully saturated rings. The number of aromatic amines is 2. The van der Waals surface area contributed by atoms with E-state index in [0.29, 0.717) is 24.3 Å². The van der Waals surface area contributed by atoms with E-state index < -0.39 is 0 Å². The fraction of sp³-hybridized carbons (Fsp3) is 0.269. The molecular formula is C26H25N5O2. The van der Waals surface area contributed by atoms with Gasteiger partial charge in [-0.3, -0.25) is 14.7 Å². The summed E-state index contributed by atoms with van der Waals surface area (Å²) in [4.78, 5) is 33.5. The van der Waals surface area contributed by atoms with Crippen molar-refractivity contribution in [1.82, 2.24) is 20.1 Å². The number of likely N-dealkylation sites (tertiary alicyclic amines) is 1. The van der Waals surface area contributed by atoms with Crippen LogP contribution in [0.1, 0.15) is 57.4 Å². The Morgan fingerprint density at radius 1 is 0.970 bits per heavy atom. The van der Waals surface area contributed by atoms with E-state index in [9.17, 15) is 9.59 Å². The molecule has 7 heteroatoms. The van der Waals surface area contributed by atoms with E-state index in [2.05, 4.69) is 21.2 Å². The maximum Gasteiger partial charge on any atom is 0.278 e. The minimum atomic E-state index is -0.118. The topological polar surface area (TPSA) is 85.1 Å². The molecule has 2 aliphatic heterocycles. The van der Waals surface area contributed by atoms with Gasteiger partial charge in [-0.25, -0.2) is 0 Å². The van der Waals surface area contributed by atoms with Crippen molar-refractivity contribution in [2.45, 2.75) is 31.7 Å². The van der Waals surface area contributed by atoms with E-state index >= 15 is 0 Å². The third kappa shape index (κ3) is 3.40. The first-order chi connectivity index (χ1) is 16.2. The first-order valence-electron chi connectivity index (χ1n) is 11.5. The molecule has 1 atom stereocenters. The Morgan fingerprint density at radius 3 is 2.82 bits per heavy atom. The number of carbonyl (C=O) groups is 2. The van der Waals surface area contributed by atoms with Gasteiger partial charge in [0.15, 0.2) is 5.69 Å². The van der Waals surface area contributed by atoms with Crippen molar-refractivity contribution in [3.63, 3.8) is 0 Å². The standard InChI is InChI=1S/C26H25N5O2/c32-25(19-8-9-20-18(15-19)10-12-27-20)30-13-4-3-7-24(30)21-16-22(29-28-21)26(33)31-14-11-17-5-1-2-6-23(17)31/h1-2,5-6,8-10,12,15-16,24,27H,3-4,7,11,13-14H2,(H,28,29). The number of fused-ring (bicyclic) bond motifs is 2. The Hall–Kier alpha value is -3.87. The average Bonchev–Trinajstić information content (AvgIpc) is 3.62. The summed E-state index contributed by atoms with van der Waals surface area (Å²) >= 11 is 0. The van der Waals surface area contributed by atoms with Crippen LogP contribution < -0.4 is 4.90 Å². The smallest absolute Gasteiger partial charge is 0.278 e. The van der Waals surface area contributed by atoms with E-state index in [1.165, 1.54) is 5.56 Å². The van der Waals surface area contributed by atoms with Gasteiger partial charge in [-0.2, -0.15) is 5.10 Å². The third-order valence-electron chi connectivity index (χ3n) is 6.87. The molecule has 2 amide bonds. The molecule has 2 N–H and O–H groups in total. The molecule has 166 valence electrons. The highest BCUT2D eigenvalue weighted by Crippen LogP contribution is 2.33. The van der Waals surface area contributed by atoms with Crippen LogP contribution in [0.5, 0.6) is 0 Å². The summed E-state index contributed by atoms with van der Waals surface area (Å²) in [5, 5.41) is 8.44. The second-order valence-corrected chi connectivity index (χ2v) is 8.83. The predicted molar refractivity (Wildman–Crippen MR) is 126 cm³/mol. The molecule has 33 heavy (non-hydrogen) atoms. The van der Waals surface area contributed by atoms with Crippen LogP contribution >= 0.6 is 0 Å². The molecule has 4 heterocycles. The lowest BCUT2D eigenvalue weighted by Crippen LogP contribution is -2.38. The highest BCUT2D eigenvalue weighted by Gasteiger charge is 2.32. The maximum atomic E-state index is 13.4. The molecule has 0 spiro atoms. The second-order valence-electron chi connectivity index (χ2n) is 8.83. The lowest BCUT2D eigenvalue weighted by Gasteiger charge is -2.35. The van der Waals surface area contributed by atoms with Gasteiger partial charge in [0.1, 0.15) is 0 Å². The first kappa shape index (κ1) is 19.8. The summed E-state index contributed by atoms with van der Waals surface area (Å²) in [5.74, 6) is -0.0900. The number of anilines is 1. The van der Waals surface area contributed by atoms with Gasteiger partial charge in [-0.15, -0.1) is 0 Å². The molecule has 0 radical (unpaired) electrons. The average molecular weight is 440 g/mol. The van der Waals surface area contributed by atoms with Crippen molar-refractivity contribution in [3.05, 3.63) is 83.3 Å². The van der Waals surface area contributed by atoms with E-state index in [4.69, 9.17) is 0 Å². The van der Waals surface area contributed by atoms with Crippen LogP contribution in [-0.4, -0.2) is 45.0 Å². The quantitative estimate of drug-likeness (QED) is 0.494. The third-order valence-corrected chi connectivity index (χ3v) is 6.87. The maximum absolute atomic E-state index is 13.4. The van der Waals surface area contributed by atoms with E-state index in [0.717, 1.165) is 48.0 Å². The summed E-state index contributed by atoms with van der Waals surface area (Å²) in [6.45, 7) is 1.35. The number of benzene rings is 2. The SMILES string of the molecule is O=C(c1cc(C2CCCCN2C(=O)c2ccc3[nH]ccc3c2)[nH]n1)N1CCc2ccccc21. The Kier molecular flexibility index (Phi) is 4.75. The lowest BCUT2D eigenvalue weighted by molar-refractivity contribution is 0.0606. The minimum Gasteiger partial charge on any atom is -0.361 e. The zero-order valence-electron chi connectivity index (χ0n) is 18.3. The molecule has 1 saturated heterocycles. The molecule has 2 aromatic heterocycles. The molecule has 1 unspecified atom stereocenters. The van der Waals surface area contributed by atoms with Crippen LogP contribution in [0.3, 0.4) is 0 Å². The van der Waals surface area contributed by atoms with E-state index in [1.807, 2.05) is 59.6 Å². The fourth-order valence-corrected chi connectivity index (χ4v) is 5.15. The Morgan fingerprint density at radius 2 is 1.88 bits per heavy atom. The highest BCUT2D eigenvalue weighted by molar-refractivity contribution is 6.06. The number of para-hydroxylation sites is 1. The Labute approximate surface area is 191 Å². The molecule has 0 aliphatic carbocycles. The van der Waals surface area contributed by atoms with Crippen LogP contribution in [-0.2, 0) is 6.42 Å². The van der Waals surface area contributed by atoms with Crippen LogP contribution in [0, 0.1) is 0 Å². The summed E-state index contributed by atoms with van der Waals surface area (Å²) in [7, 11) is 0. The van der Waals surface area contributed by atoms with Crippen molar-refractivity contribution in [2.75, 3.05) is 18.0 Å². The monoisotopic (exact) mass is 439 g/mol. The Balaban J connectivity index is 1.26. The van der Waals surface area contributed by atoms with Crippen LogP contribution in [0.2, 0.25) is 0 Å². The zero-order valence-corrected chi connectivity index (χ0v) is 18.3. The van der Waals surface area contributed by atoms with Crippen molar-refractivity contribution in [3.8, 4) is 0 Å². The number of nitrogens with one attached hydrogen (secondary N) is 2. The van der Waals surface area contributed by atoms with Crippen molar-refractivity contribution >= 4 is 28.4 Å². The summed E-state index contributed by atoms with van der Waals surface area (Å²) in [6.07, 6.45) is 5.59. The minimum absolute atomic E-state index is 0.0127. The molecule has 2 aliphatic rings. The van der Waals surface area contributed by atoms with Crippen molar-refractivity contribution in [1.29, 1.82) is 0 Å². The number of nitrogens with zero attached hydrogens (tertiary/aromatic N) is 3. The number of aromatic nitrogens is 3. The van der Waals surface area contributed by atoms with Crippen molar-refractivity contribution < 1.29 is 9.59 Å². The molecule has 6 rings (SSSR count). The second kappa shape index (κ2) is 7.92. The molecule has 0 bridgehead atoms. The molecule has 4 aromatic rings. The number of hydrogen-bond donors (Lipinski definition) is 2. The van der Waals surface area contributed by atoms with Gasteiger partial charge in [0.05, 0.1) is 11.7 Å². The van der Waals surface area contributed by atoms with Gasteiger partial charge >= 0.3 is 0 Å². The van der Waals surface area contributed by atoms with Gasteiger partial charge in [0.2, 0.25) is 0 Å². The molecule has 0 saturated carbocycles. The number of hydrogen-bond acceptors (Lipinski definition) is 3. The first-order valence-corrected chi connectivity index (χ1v) is 11.5. The molecule has 2 aromatic carbocycles. The van der Waals surface area contributed by atoms with Gasteiger partial charge in [0.25, 0.3) is 11.8 Å². The summed E-state index contributed by atoms with van der Waals surface area (Å²) in [6, 6.07) is 17.4. The van der Waals surface area contributed by atoms with E-state index in [1.54, 1.807) is 4.90 Å². The lowest BCUT2D eigenvalue weighted by atomic mass is 9.97. The van der Waals surface area contributed by atoms with Gasteiger partial charge in [-0.1, -0.05) is 18.2 Å². The number of carbonyl (C=O) groups excluding carboxylic acids is 2. The zero-order chi connectivity index (χ0) is 22.4. The van der Waals surface area contributed by atoms with Crippen LogP contribution in [0.15, 0.2) is 60.8 Å². The number of amides is 2. The largest absolute Gasteiger partial charge is 0.361 e. The van der Waals surface area contributed by atoms with Gasteiger partial charge < -0.3 is 14.8 Å². The number of rotatable bonds is 3. The van der Waals surface area contributed by atoms with Gasteiger partial charge in [0, 0.05) is 41.4 Å². The van der Waals surface area contributed by atoms with Crippen LogP contribution in [0.25, 0.3) is 10.9 Å². The molecule has 7 nitrogen and oxygen atoms in total. The van der Waals surface area contributed by atoms with Crippen molar-refractivity contribution in [2.24, 2.45) is 0 Å². The van der Waals surface area contributed by atoms with Crippen LogP contribution in [0.4, 0.5) is 5.69 Å². The fourth-order valence-electron chi connectivity index (χ4n) is 5.15. The number of H-pyrrole nitrogens is 2. The number of piperidine rings is 1. The normalized spacial score (nSPS) is 18.0. The summed E-state index contributed by atoms with van der Waals surface area (Å²) < 4.78 is 0. The highest BCUT2D eigenvalue weighted by atomic mass is 16.2.